The predicted octanol–water partition coefficient (Wildman–Crippen LogP) is 0.461. The maximum absolute atomic E-state index is 11.8. The number of aromatic nitrogens is 1. The molecule has 0 radical (unpaired) electrons. The van der Waals surface area contributed by atoms with E-state index in [-0.39, 0.29) is 18.0 Å². The summed E-state index contributed by atoms with van der Waals surface area (Å²) < 4.78 is 0. The molecule has 6 heteroatoms. The molecule has 1 heterocycles. The highest BCUT2D eigenvalue weighted by molar-refractivity contribution is 5.97. The number of carbonyl (C=O) groups is 2. The molecular weight excluding hydrogens is 232 g/mol. The lowest BCUT2D eigenvalue weighted by Crippen LogP contribution is -2.35. The molecule has 1 aromatic rings. The lowest BCUT2D eigenvalue weighted by atomic mass is 10.2. The molecule has 0 unspecified atom stereocenters. The highest BCUT2D eigenvalue weighted by atomic mass is 16.2. The zero-order chi connectivity index (χ0) is 13.5. The van der Waals surface area contributed by atoms with Crippen molar-refractivity contribution < 1.29 is 9.59 Å². The number of rotatable bonds is 6. The number of likely N-dealkylation sites (N-methyl/N-ethyl adjacent to an activating group) is 1. The van der Waals surface area contributed by atoms with Crippen LogP contribution in [0.25, 0.3) is 0 Å². The second-order valence-electron chi connectivity index (χ2n) is 3.68. The second-order valence-corrected chi connectivity index (χ2v) is 3.68. The topological polar surface area (TPSA) is 88.3 Å². The molecule has 98 valence electrons. The van der Waals surface area contributed by atoms with Crippen LogP contribution in [-0.2, 0) is 4.79 Å². The van der Waals surface area contributed by atoms with Crippen LogP contribution in [0.4, 0.5) is 5.82 Å². The van der Waals surface area contributed by atoms with E-state index in [0.717, 1.165) is 0 Å². The quantitative estimate of drug-likeness (QED) is 0.767. The molecule has 0 spiro atoms. The van der Waals surface area contributed by atoms with Crippen LogP contribution in [0.5, 0.6) is 0 Å². The van der Waals surface area contributed by atoms with Crippen LogP contribution in [-0.4, -0.2) is 41.3 Å². The van der Waals surface area contributed by atoms with E-state index < -0.39 is 5.91 Å². The van der Waals surface area contributed by atoms with Gasteiger partial charge in [0.05, 0.1) is 12.1 Å². The third kappa shape index (κ3) is 3.44. The Morgan fingerprint density at radius 3 is 2.61 bits per heavy atom. The maximum atomic E-state index is 11.8. The third-order valence-corrected chi connectivity index (χ3v) is 2.60. The van der Waals surface area contributed by atoms with Gasteiger partial charge in [-0.25, -0.2) is 4.98 Å². The largest absolute Gasteiger partial charge is 0.365 e. The average molecular weight is 250 g/mol. The molecule has 6 nitrogen and oxygen atoms in total. The molecule has 1 rings (SSSR count). The first kappa shape index (κ1) is 14.0. The number of hydrogen-bond acceptors (Lipinski definition) is 4. The van der Waals surface area contributed by atoms with E-state index in [2.05, 4.69) is 10.3 Å². The van der Waals surface area contributed by atoms with Gasteiger partial charge in [-0.15, -0.1) is 0 Å². The van der Waals surface area contributed by atoms with Gasteiger partial charge in [-0.2, -0.15) is 0 Å². The van der Waals surface area contributed by atoms with Crippen LogP contribution in [0.15, 0.2) is 18.3 Å². The van der Waals surface area contributed by atoms with Gasteiger partial charge in [0.1, 0.15) is 5.82 Å². The fourth-order valence-corrected chi connectivity index (χ4v) is 1.59. The summed E-state index contributed by atoms with van der Waals surface area (Å²) in [7, 11) is 0. The van der Waals surface area contributed by atoms with Crippen LogP contribution in [0.2, 0.25) is 0 Å². The van der Waals surface area contributed by atoms with E-state index in [0.29, 0.717) is 18.9 Å². The van der Waals surface area contributed by atoms with E-state index in [1.165, 1.54) is 6.20 Å². The number of hydrogen-bond donors (Lipinski definition) is 2. The van der Waals surface area contributed by atoms with Crippen LogP contribution in [0.1, 0.15) is 24.2 Å². The Hall–Kier alpha value is -2.11. The highest BCUT2D eigenvalue weighted by Crippen LogP contribution is 2.09. The van der Waals surface area contributed by atoms with Crippen molar-refractivity contribution in [3.8, 4) is 0 Å². The number of primary amides is 1. The Balaban J connectivity index is 2.69. The number of anilines is 1. The standard InChI is InChI=1S/C12H18N4O2/c1-3-16(4-2)10(17)8-15-12-9(11(13)18)6-5-7-14-12/h5-7H,3-4,8H2,1-2H3,(H2,13,18)(H,14,15). The third-order valence-electron chi connectivity index (χ3n) is 2.60. The monoisotopic (exact) mass is 250 g/mol. The van der Waals surface area contributed by atoms with Gasteiger partial charge in [0.25, 0.3) is 5.91 Å². The number of nitrogens with one attached hydrogen (secondary N) is 1. The lowest BCUT2D eigenvalue weighted by Gasteiger charge is -2.19. The summed E-state index contributed by atoms with van der Waals surface area (Å²) in [5, 5.41) is 2.84. The van der Waals surface area contributed by atoms with Crippen molar-refractivity contribution in [2.75, 3.05) is 25.0 Å². The lowest BCUT2D eigenvalue weighted by molar-refractivity contribution is -0.128. The molecule has 0 atom stereocenters. The minimum absolute atomic E-state index is 0.0407. The van der Waals surface area contributed by atoms with Gasteiger partial charge in [-0.3, -0.25) is 9.59 Å². The van der Waals surface area contributed by atoms with Gasteiger partial charge in [-0.1, -0.05) is 0 Å². The van der Waals surface area contributed by atoms with Crippen LogP contribution >= 0.6 is 0 Å². The first-order valence-electron chi connectivity index (χ1n) is 5.86. The predicted molar refractivity (Wildman–Crippen MR) is 69.2 cm³/mol. The summed E-state index contributed by atoms with van der Waals surface area (Å²) in [6.07, 6.45) is 1.54. The highest BCUT2D eigenvalue weighted by Gasteiger charge is 2.12. The number of amides is 2. The maximum Gasteiger partial charge on any atom is 0.252 e. The molecule has 0 fully saturated rings. The molecule has 0 saturated heterocycles. The van der Waals surface area contributed by atoms with Crippen molar-refractivity contribution in [1.82, 2.24) is 9.88 Å². The molecule has 0 aliphatic heterocycles. The van der Waals surface area contributed by atoms with Crippen LogP contribution in [0, 0.1) is 0 Å². The van der Waals surface area contributed by atoms with Crippen molar-refractivity contribution in [3.05, 3.63) is 23.9 Å². The first-order valence-corrected chi connectivity index (χ1v) is 5.86. The van der Waals surface area contributed by atoms with E-state index in [9.17, 15) is 9.59 Å². The Labute approximate surface area is 106 Å². The molecular formula is C12H18N4O2. The number of nitrogens with zero attached hydrogens (tertiary/aromatic N) is 2. The van der Waals surface area contributed by atoms with Crippen molar-refractivity contribution >= 4 is 17.6 Å². The number of pyridine rings is 1. The summed E-state index contributed by atoms with van der Waals surface area (Å²) in [6, 6.07) is 3.19. The molecule has 0 bridgehead atoms. The first-order chi connectivity index (χ1) is 8.60. The van der Waals surface area contributed by atoms with Gasteiger partial charge >= 0.3 is 0 Å². The summed E-state index contributed by atoms with van der Waals surface area (Å²) in [5.41, 5.74) is 5.50. The molecule has 0 aromatic carbocycles. The molecule has 18 heavy (non-hydrogen) atoms. The van der Waals surface area contributed by atoms with Gasteiger partial charge in [-0.05, 0) is 26.0 Å². The zero-order valence-electron chi connectivity index (χ0n) is 10.6. The van der Waals surface area contributed by atoms with Gasteiger partial charge in [0, 0.05) is 19.3 Å². The smallest absolute Gasteiger partial charge is 0.252 e. The van der Waals surface area contributed by atoms with Crippen molar-refractivity contribution in [1.29, 1.82) is 0 Å². The Kier molecular flexibility index (Phi) is 5.10. The molecule has 0 aliphatic carbocycles. The molecule has 0 saturated carbocycles. The fourth-order valence-electron chi connectivity index (χ4n) is 1.59. The van der Waals surface area contributed by atoms with E-state index in [1.807, 2.05) is 13.8 Å². The van der Waals surface area contributed by atoms with Crippen molar-refractivity contribution in [2.24, 2.45) is 5.73 Å². The molecule has 2 amide bonds. The van der Waals surface area contributed by atoms with E-state index >= 15 is 0 Å². The summed E-state index contributed by atoms with van der Waals surface area (Å²) in [6.45, 7) is 5.23. The molecule has 0 aliphatic rings. The summed E-state index contributed by atoms with van der Waals surface area (Å²) >= 11 is 0. The summed E-state index contributed by atoms with van der Waals surface area (Å²) in [5.74, 6) is -0.271. The molecule has 1 aromatic heterocycles. The fraction of sp³-hybridized carbons (Fsp3) is 0.417. The average Bonchev–Trinajstić information content (AvgIpc) is 2.38. The van der Waals surface area contributed by atoms with E-state index in [1.54, 1.807) is 17.0 Å². The minimum atomic E-state index is -0.569. The Morgan fingerprint density at radius 2 is 2.06 bits per heavy atom. The normalized spacial score (nSPS) is 9.89. The van der Waals surface area contributed by atoms with Crippen molar-refractivity contribution in [2.45, 2.75) is 13.8 Å². The van der Waals surface area contributed by atoms with Crippen molar-refractivity contribution in [3.63, 3.8) is 0 Å². The second kappa shape index (κ2) is 6.58. The van der Waals surface area contributed by atoms with Gasteiger partial charge in [0.2, 0.25) is 5.91 Å². The van der Waals surface area contributed by atoms with Crippen LogP contribution in [0.3, 0.4) is 0 Å². The van der Waals surface area contributed by atoms with Gasteiger partial charge < -0.3 is 16.0 Å². The minimum Gasteiger partial charge on any atom is -0.365 e. The van der Waals surface area contributed by atoms with E-state index in [4.69, 9.17) is 5.73 Å². The summed E-state index contributed by atoms with van der Waals surface area (Å²) in [4.78, 5) is 28.6. The number of carbonyl (C=O) groups excluding carboxylic acids is 2. The Morgan fingerprint density at radius 1 is 1.39 bits per heavy atom. The van der Waals surface area contributed by atoms with Gasteiger partial charge in [0.15, 0.2) is 0 Å². The SMILES string of the molecule is CCN(CC)C(=O)CNc1ncccc1C(N)=O. The number of nitrogens with two attached hydrogens (primary N) is 1. The van der Waals surface area contributed by atoms with Crippen LogP contribution < -0.4 is 11.1 Å². The zero-order valence-corrected chi connectivity index (χ0v) is 10.6. The molecule has 3 N–H and O–H groups in total. The Bertz CT molecular complexity index is 430.